The molecule has 2 aromatic carbocycles. The van der Waals surface area contributed by atoms with E-state index in [2.05, 4.69) is 15.3 Å². The van der Waals surface area contributed by atoms with Gasteiger partial charge in [0.15, 0.2) is 26.8 Å². The Kier molecular flexibility index (Phi) is 7.37. The lowest BCUT2D eigenvalue weighted by molar-refractivity contribution is 0.102. The molecular weight excluding hydrogens is 483 g/mol. The molecule has 4 N–H and O–H groups in total. The monoisotopic (exact) mass is 506 g/mol. The number of amides is 1. The van der Waals surface area contributed by atoms with Crippen molar-refractivity contribution < 1.29 is 31.9 Å². The molecule has 1 aromatic heterocycles. The van der Waals surface area contributed by atoms with Gasteiger partial charge in [0.2, 0.25) is 0 Å². The number of phenols is 1. The van der Waals surface area contributed by atoms with Gasteiger partial charge in [0.1, 0.15) is 5.75 Å². The topological polar surface area (TPSA) is 171 Å². The van der Waals surface area contributed by atoms with Gasteiger partial charge in [0, 0.05) is 25.5 Å². The first-order valence-electron chi connectivity index (χ1n) is 9.75. The third-order valence-corrected chi connectivity index (χ3v) is 9.60. The molecule has 13 heteroatoms. The van der Waals surface area contributed by atoms with Crippen LogP contribution >= 0.6 is 7.60 Å². The molecular formula is C21H23N4O7PS. The largest absolute Gasteiger partial charge is 0.508 e. The summed E-state index contributed by atoms with van der Waals surface area (Å²) in [5.41, 5.74) is 6.69. The van der Waals surface area contributed by atoms with E-state index in [4.69, 9.17) is 14.8 Å². The van der Waals surface area contributed by atoms with Gasteiger partial charge in [-0.25, -0.2) is 18.4 Å². The molecule has 3 rings (SSSR count). The lowest BCUT2D eigenvalue weighted by Gasteiger charge is -2.14. The van der Waals surface area contributed by atoms with Crippen molar-refractivity contribution in [2.24, 2.45) is 0 Å². The molecule has 0 aliphatic rings. The van der Waals surface area contributed by atoms with E-state index in [9.17, 15) is 22.9 Å². The van der Waals surface area contributed by atoms with Gasteiger partial charge in [-0.3, -0.25) is 9.36 Å². The summed E-state index contributed by atoms with van der Waals surface area (Å²) in [6, 6.07) is 10.2. The standard InChI is InChI=1S/C21H23N4O7PS/c1-13-4-5-14(10-18(13)26)17-11-23-20(22)19(25-17)21(27)24-15-6-8-16(9-7-15)34(29,30)12-33(28,31-2)32-3/h4-11,26H,12H2,1-3H3,(H2,22,23)(H,24,27). The van der Waals surface area contributed by atoms with Crippen LogP contribution in [-0.4, -0.2) is 49.1 Å². The molecule has 1 heterocycles. The average Bonchev–Trinajstić information content (AvgIpc) is 2.81. The predicted octanol–water partition coefficient (Wildman–Crippen LogP) is 3.21. The number of phenolic OH excluding ortho intramolecular Hbond substituents is 1. The first-order valence-corrected chi connectivity index (χ1v) is 13.1. The highest BCUT2D eigenvalue weighted by molar-refractivity contribution is 7.97. The number of nitrogens with one attached hydrogen (secondary N) is 1. The van der Waals surface area contributed by atoms with Gasteiger partial charge < -0.3 is 25.2 Å². The normalized spacial score (nSPS) is 11.9. The fourth-order valence-corrected chi connectivity index (χ4v) is 6.68. The van der Waals surface area contributed by atoms with E-state index in [0.717, 1.165) is 14.2 Å². The minimum Gasteiger partial charge on any atom is -0.508 e. The number of aryl methyl sites for hydroxylation is 1. The third-order valence-electron chi connectivity index (χ3n) is 4.88. The Morgan fingerprint density at radius 3 is 2.38 bits per heavy atom. The Morgan fingerprint density at radius 2 is 1.79 bits per heavy atom. The summed E-state index contributed by atoms with van der Waals surface area (Å²) in [4.78, 5) is 20.9. The van der Waals surface area contributed by atoms with Crippen LogP contribution in [0, 0.1) is 6.92 Å². The highest BCUT2D eigenvalue weighted by Gasteiger charge is 2.31. The maximum atomic E-state index is 12.8. The quantitative estimate of drug-likeness (QED) is 0.385. The van der Waals surface area contributed by atoms with Gasteiger partial charge in [-0.05, 0) is 42.8 Å². The van der Waals surface area contributed by atoms with E-state index in [1.165, 1.54) is 36.5 Å². The van der Waals surface area contributed by atoms with E-state index in [0.29, 0.717) is 16.8 Å². The van der Waals surface area contributed by atoms with Crippen molar-refractivity contribution in [3.63, 3.8) is 0 Å². The van der Waals surface area contributed by atoms with Crippen molar-refractivity contribution in [2.75, 3.05) is 30.8 Å². The number of sulfone groups is 1. The first kappa shape index (κ1) is 25.3. The smallest absolute Gasteiger partial charge is 0.345 e. The molecule has 0 spiro atoms. The summed E-state index contributed by atoms with van der Waals surface area (Å²) < 4.78 is 46.6. The molecule has 0 fully saturated rings. The number of anilines is 2. The number of rotatable bonds is 8. The summed E-state index contributed by atoms with van der Waals surface area (Å²) >= 11 is 0. The van der Waals surface area contributed by atoms with Crippen LogP contribution in [0.15, 0.2) is 53.6 Å². The number of nitrogen functional groups attached to an aromatic ring is 1. The Balaban J connectivity index is 1.81. The second-order valence-corrected chi connectivity index (χ2v) is 11.9. The molecule has 0 bridgehead atoms. The van der Waals surface area contributed by atoms with Gasteiger partial charge in [0.25, 0.3) is 5.91 Å². The molecule has 0 aliphatic carbocycles. The summed E-state index contributed by atoms with van der Waals surface area (Å²) in [5, 5.41) is 12.5. The number of nitrogens with zero attached hydrogens (tertiary/aromatic N) is 2. The number of hydrogen-bond donors (Lipinski definition) is 3. The van der Waals surface area contributed by atoms with Crippen LogP contribution < -0.4 is 11.1 Å². The molecule has 0 unspecified atom stereocenters. The van der Waals surface area contributed by atoms with Gasteiger partial charge in [-0.1, -0.05) is 12.1 Å². The summed E-state index contributed by atoms with van der Waals surface area (Å²) in [6.07, 6.45) is 1.38. The van der Waals surface area contributed by atoms with Gasteiger partial charge in [-0.2, -0.15) is 0 Å². The Hall–Kier alpha value is -3.31. The highest BCUT2D eigenvalue weighted by Crippen LogP contribution is 2.48. The zero-order valence-electron chi connectivity index (χ0n) is 18.5. The SMILES string of the molecule is COP(=O)(CS(=O)(=O)c1ccc(NC(=O)c2nc(-c3ccc(C)c(O)c3)cnc2N)cc1)OC. The summed E-state index contributed by atoms with van der Waals surface area (Å²) in [6.45, 7) is 1.75. The van der Waals surface area contributed by atoms with E-state index < -0.39 is 28.8 Å². The average molecular weight is 506 g/mol. The Morgan fingerprint density at radius 1 is 1.15 bits per heavy atom. The van der Waals surface area contributed by atoms with Gasteiger partial charge in [-0.15, -0.1) is 0 Å². The molecule has 0 saturated heterocycles. The highest BCUT2D eigenvalue weighted by atomic mass is 32.2. The summed E-state index contributed by atoms with van der Waals surface area (Å²) in [5.74, 6) is -0.696. The molecule has 180 valence electrons. The molecule has 11 nitrogen and oxygen atoms in total. The maximum absolute atomic E-state index is 12.8. The predicted molar refractivity (Wildman–Crippen MR) is 126 cm³/mol. The molecule has 3 aromatic rings. The zero-order valence-corrected chi connectivity index (χ0v) is 20.3. The summed E-state index contributed by atoms with van der Waals surface area (Å²) in [7, 11) is -5.56. The number of benzene rings is 2. The molecule has 0 saturated carbocycles. The van der Waals surface area contributed by atoms with Crippen LogP contribution in [0.4, 0.5) is 11.5 Å². The van der Waals surface area contributed by atoms with Crippen LogP contribution in [0.5, 0.6) is 5.75 Å². The van der Waals surface area contributed by atoms with Gasteiger partial charge >= 0.3 is 7.60 Å². The molecule has 1 amide bonds. The number of carbonyl (C=O) groups excluding carboxylic acids is 1. The van der Waals surface area contributed by atoms with Crippen molar-refractivity contribution in [3.05, 3.63) is 59.9 Å². The minimum absolute atomic E-state index is 0.0736. The molecule has 0 radical (unpaired) electrons. The number of aromatic hydroxyl groups is 1. The lowest BCUT2D eigenvalue weighted by atomic mass is 10.1. The lowest BCUT2D eigenvalue weighted by Crippen LogP contribution is -2.17. The van der Waals surface area contributed by atoms with Crippen LogP contribution in [0.1, 0.15) is 16.1 Å². The van der Waals surface area contributed by atoms with Crippen LogP contribution in [0.2, 0.25) is 0 Å². The number of nitrogens with two attached hydrogens (primary N) is 1. The molecule has 0 atom stereocenters. The number of carbonyl (C=O) groups is 1. The zero-order chi connectivity index (χ0) is 25.1. The maximum Gasteiger partial charge on any atom is 0.345 e. The molecule has 0 aliphatic heterocycles. The second kappa shape index (κ2) is 9.90. The van der Waals surface area contributed by atoms with E-state index in [1.807, 2.05) is 0 Å². The van der Waals surface area contributed by atoms with Crippen LogP contribution in [-0.2, 0) is 23.4 Å². The van der Waals surface area contributed by atoms with Crippen molar-refractivity contribution >= 4 is 34.8 Å². The van der Waals surface area contributed by atoms with Crippen LogP contribution in [0.25, 0.3) is 11.3 Å². The third kappa shape index (κ3) is 5.60. The van der Waals surface area contributed by atoms with E-state index in [-0.39, 0.29) is 27.8 Å². The van der Waals surface area contributed by atoms with Crippen molar-refractivity contribution in [1.82, 2.24) is 9.97 Å². The van der Waals surface area contributed by atoms with E-state index >= 15 is 0 Å². The van der Waals surface area contributed by atoms with Crippen LogP contribution in [0.3, 0.4) is 0 Å². The molecule has 34 heavy (non-hydrogen) atoms. The van der Waals surface area contributed by atoms with Crippen molar-refractivity contribution in [3.8, 4) is 17.0 Å². The first-order chi connectivity index (χ1) is 16.0. The second-order valence-electron chi connectivity index (χ2n) is 7.19. The van der Waals surface area contributed by atoms with E-state index in [1.54, 1.807) is 19.1 Å². The Labute approximate surface area is 196 Å². The fourth-order valence-electron chi connectivity index (χ4n) is 2.87. The van der Waals surface area contributed by atoms with Crippen molar-refractivity contribution in [1.29, 1.82) is 0 Å². The minimum atomic E-state index is -3.98. The fraction of sp³-hybridized carbons (Fsp3) is 0.190. The van der Waals surface area contributed by atoms with Gasteiger partial charge in [0.05, 0.1) is 16.8 Å². The number of aromatic nitrogens is 2. The van der Waals surface area contributed by atoms with Crippen molar-refractivity contribution in [2.45, 2.75) is 11.8 Å². The number of hydrogen-bond acceptors (Lipinski definition) is 10. The Bertz CT molecular complexity index is 1370.